The largest absolute Gasteiger partial charge is 0.497 e. The molecule has 4 heteroatoms. The van der Waals surface area contributed by atoms with Crippen molar-refractivity contribution in [2.24, 2.45) is 5.92 Å². The van der Waals surface area contributed by atoms with E-state index >= 15 is 0 Å². The summed E-state index contributed by atoms with van der Waals surface area (Å²) in [5.41, 5.74) is 1.25. The van der Waals surface area contributed by atoms with Crippen molar-refractivity contribution in [1.29, 1.82) is 0 Å². The first kappa shape index (κ1) is 16.9. The van der Waals surface area contributed by atoms with Crippen LogP contribution < -0.4 is 4.74 Å². The Labute approximate surface area is 151 Å². The minimum absolute atomic E-state index is 0.177. The molecule has 136 valence electrons. The first-order valence-corrected chi connectivity index (χ1v) is 9.78. The number of nitrogens with zero attached hydrogens (tertiary/aromatic N) is 2. The topological polar surface area (TPSA) is 32.8 Å². The Balaban J connectivity index is 1.42. The van der Waals surface area contributed by atoms with Gasteiger partial charge in [-0.2, -0.15) is 0 Å². The van der Waals surface area contributed by atoms with Gasteiger partial charge >= 0.3 is 0 Å². The van der Waals surface area contributed by atoms with E-state index in [-0.39, 0.29) is 5.92 Å². The van der Waals surface area contributed by atoms with Crippen molar-refractivity contribution < 1.29 is 9.53 Å². The standard InChI is InChI=1S/C21H30N2O2/c1-14(2)23-16-7-8-17(23)13-22(10-9-16)21(24)20-12-19(20)15-5-4-6-18(11-15)25-3/h4-6,11,14,16-17,19-20H,7-10,12-13H2,1-3H3/t16-,17+,19+,20-/m1/s1. The number of benzene rings is 1. The van der Waals surface area contributed by atoms with Gasteiger partial charge in [-0.15, -0.1) is 0 Å². The Hall–Kier alpha value is -1.55. The zero-order chi connectivity index (χ0) is 17.6. The van der Waals surface area contributed by atoms with Crippen LogP contribution in [0.25, 0.3) is 0 Å². The van der Waals surface area contributed by atoms with Crippen LogP contribution in [0.1, 0.15) is 51.0 Å². The fourth-order valence-electron chi connectivity index (χ4n) is 5.10. The lowest BCUT2D eigenvalue weighted by Gasteiger charge is -2.32. The lowest BCUT2D eigenvalue weighted by Crippen LogP contribution is -2.44. The number of likely N-dealkylation sites (tertiary alicyclic amines) is 1. The first-order valence-electron chi connectivity index (χ1n) is 9.78. The highest BCUT2D eigenvalue weighted by Gasteiger charge is 2.48. The molecule has 4 atom stereocenters. The summed E-state index contributed by atoms with van der Waals surface area (Å²) in [6.45, 7) is 6.45. The molecule has 3 aliphatic rings. The minimum Gasteiger partial charge on any atom is -0.497 e. The second kappa shape index (κ2) is 6.64. The highest BCUT2D eigenvalue weighted by Crippen LogP contribution is 2.49. The maximum Gasteiger partial charge on any atom is 0.226 e. The van der Waals surface area contributed by atoms with Crippen molar-refractivity contribution in [3.05, 3.63) is 29.8 Å². The van der Waals surface area contributed by atoms with Gasteiger partial charge in [0.15, 0.2) is 0 Å². The zero-order valence-corrected chi connectivity index (χ0v) is 15.6. The first-order chi connectivity index (χ1) is 12.1. The number of hydrogen-bond acceptors (Lipinski definition) is 3. The summed E-state index contributed by atoms with van der Waals surface area (Å²) in [7, 11) is 1.70. The van der Waals surface area contributed by atoms with Gasteiger partial charge in [0.25, 0.3) is 0 Å². The molecule has 0 radical (unpaired) electrons. The monoisotopic (exact) mass is 342 g/mol. The van der Waals surface area contributed by atoms with Crippen LogP contribution in [-0.2, 0) is 4.79 Å². The van der Waals surface area contributed by atoms with Crippen molar-refractivity contribution in [2.45, 2.75) is 63.6 Å². The van der Waals surface area contributed by atoms with Crippen LogP contribution in [-0.4, -0.2) is 54.0 Å². The number of hydrogen-bond donors (Lipinski definition) is 0. The van der Waals surface area contributed by atoms with Crippen LogP contribution in [0, 0.1) is 5.92 Å². The molecule has 4 nitrogen and oxygen atoms in total. The Morgan fingerprint density at radius 1 is 1.20 bits per heavy atom. The number of rotatable bonds is 4. The van der Waals surface area contributed by atoms with E-state index in [1.54, 1.807) is 7.11 Å². The summed E-state index contributed by atoms with van der Waals surface area (Å²) in [6.07, 6.45) is 4.68. The fraction of sp³-hybridized carbons (Fsp3) is 0.667. The molecule has 3 fully saturated rings. The molecule has 0 spiro atoms. The minimum atomic E-state index is 0.177. The van der Waals surface area contributed by atoms with Crippen molar-refractivity contribution in [3.8, 4) is 5.75 Å². The summed E-state index contributed by atoms with van der Waals surface area (Å²) in [5.74, 6) is 1.82. The number of fused-ring (bicyclic) bond motifs is 2. The molecule has 0 aromatic heterocycles. The van der Waals surface area contributed by atoms with Crippen LogP contribution in [0.15, 0.2) is 24.3 Å². The second-order valence-electron chi connectivity index (χ2n) is 8.22. The maximum absolute atomic E-state index is 13.1. The lowest BCUT2D eigenvalue weighted by atomic mass is 10.1. The summed E-state index contributed by atoms with van der Waals surface area (Å²) in [5, 5.41) is 0. The summed E-state index contributed by atoms with van der Waals surface area (Å²) in [4.78, 5) is 17.9. The SMILES string of the molecule is COc1cccc([C@@H]2C[C@H]2C(=O)N2CC[C@H]3CC[C@@H](C2)N3C(C)C)c1. The average molecular weight is 342 g/mol. The van der Waals surface area contributed by atoms with Crippen LogP contribution >= 0.6 is 0 Å². The van der Waals surface area contributed by atoms with Crippen molar-refractivity contribution >= 4 is 5.91 Å². The predicted octanol–water partition coefficient (Wildman–Crippen LogP) is 3.27. The van der Waals surface area contributed by atoms with E-state index in [0.29, 0.717) is 30.0 Å². The highest BCUT2D eigenvalue weighted by atomic mass is 16.5. The number of amides is 1. The van der Waals surface area contributed by atoms with Crippen molar-refractivity contribution in [3.63, 3.8) is 0 Å². The van der Waals surface area contributed by atoms with E-state index in [2.05, 4.69) is 35.8 Å². The molecule has 1 saturated carbocycles. The predicted molar refractivity (Wildman–Crippen MR) is 98.8 cm³/mol. The molecule has 1 aromatic rings. The van der Waals surface area contributed by atoms with Crippen molar-refractivity contribution in [1.82, 2.24) is 9.80 Å². The third-order valence-corrected chi connectivity index (χ3v) is 6.38. The van der Waals surface area contributed by atoms with E-state index < -0.39 is 0 Å². The Kier molecular flexibility index (Phi) is 4.48. The number of methoxy groups -OCH3 is 1. The lowest BCUT2D eigenvalue weighted by molar-refractivity contribution is -0.133. The molecule has 25 heavy (non-hydrogen) atoms. The van der Waals surface area contributed by atoms with Gasteiger partial charge in [0.05, 0.1) is 7.11 Å². The number of carbonyl (C=O) groups excluding carboxylic acids is 1. The van der Waals surface area contributed by atoms with Crippen LogP contribution in [0.4, 0.5) is 0 Å². The van der Waals surface area contributed by atoms with Gasteiger partial charge in [-0.05, 0) is 63.1 Å². The molecule has 1 aliphatic carbocycles. The van der Waals surface area contributed by atoms with Gasteiger partial charge in [-0.25, -0.2) is 0 Å². The van der Waals surface area contributed by atoms with E-state index in [1.807, 2.05) is 12.1 Å². The van der Waals surface area contributed by atoms with E-state index in [4.69, 9.17) is 4.74 Å². The summed E-state index contributed by atoms with van der Waals surface area (Å²) >= 11 is 0. The normalized spacial score (nSPS) is 31.9. The Morgan fingerprint density at radius 2 is 2.00 bits per heavy atom. The molecule has 1 aromatic carbocycles. The Bertz CT molecular complexity index is 645. The van der Waals surface area contributed by atoms with Crippen LogP contribution in [0.5, 0.6) is 5.75 Å². The maximum atomic E-state index is 13.1. The zero-order valence-electron chi connectivity index (χ0n) is 15.6. The average Bonchev–Trinajstić information content (AvgIpc) is 3.33. The fourth-order valence-corrected chi connectivity index (χ4v) is 5.10. The van der Waals surface area contributed by atoms with Gasteiger partial charge in [0, 0.05) is 37.1 Å². The molecule has 2 saturated heterocycles. The third kappa shape index (κ3) is 3.17. The van der Waals surface area contributed by atoms with Gasteiger partial charge < -0.3 is 9.64 Å². The molecule has 0 unspecified atom stereocenters. The Morgan fingerprint density at radius 3 is 2.76 bits per heavy atom. The van der Waals surface area contributed by atoms with Gasteiger partial charge in [-0.3, -0.25) is 9.69 Å². The number of ether oxygens (including phenoxy) is 1. The van der Waals surface area contributed by atoms with E-state index in [9.17, 15) is 4.79 Å². The molecule has 0 N–H and O–H groups in total. The van der Waals surface area contributed by atoms with Gasteiger partial charge in [0.1, 0.15) is 5.75 Å². The molecule has 2 bridgehead atoms. The second-order valence-corrected chi connectivity index (χ2v) is 8.22. The molecular weight excluding hydrogens is 312 g/mol. The van der Waals surface area contributed by atoms with E-state index in [0.717, 1.165) is 31.7 Å². The quantitative estimate of drug-likeness (QED) is 0.842. The molecule has 2 heterocycles. The van der Waals surface area contributed by atoms with Crippen LogP contribution in [0.3, 0.4) is 0 Å². The molecule has 2 aliphatic heterocycles. The molecular formula is C21H30N2O2. The molecule has 1 amide bonds. The molecule has 4 rings (SSSR count). The highest BCUT2D eigenvalue weighted by molar-refractivity contribution is 5.83. The number of carbonyl (C=O) groups is 1. The van der Waals surface area contributed by atoms with Gasteiger partial charge in [0.2, 0.25) is 5.91 Å². The van der Waals surface area contributed by atoms with Crippen molar-refractivity contribution in [2.75, 3.05) is 20.2 Å². The smallest absolute Gasteiger partial charge is 0.226 e. The summed E-state index contributed by atoms with van der Waals surface area (Å²) < 4.78 is 5.33. The van der Waals surface area contributed by atoms with Gasteiger partial charge in [-0.1, -0.05) is 12.1 Å². The van der Waals surface area contributed by atoms with E-state index in [1.165, 1.54) is 18.4 Å². The van der Waals surface area contributed by atoms with Crippen LogP contribution in [0.2, 0.25) is 0 Å². The third-order valence-electron chi connectivity index (χ3n) is 6.38. The summed E-state index contributed by atoms with van der Waals surface area (Å²) in [6, 6.07) is 10.0.